The fourth-order valence-corrected chi connectivity index (χ4v) is 4.38. The Bertz CT molecular complexity index is 1380. The van der Waals surface area contributed by atoms with Gasteiger partial charge in [0.05, 0.1) is 31.2 Å². The van der Waals surface area contributed by atoms with Gasteiger partial charge in [-0.05, 0) is 68.7 Å². The van der Waals surface area contributed by atoms with E-state index in [1.807, 2.05) is 48.5 Å². The largest absolute Gasteiger partial charge is 0.490 e. The topological polar surface area (TPSA) is 99.2 Å². The maximum absolute atomic E-state index is 12.5. The van der Waals surface area contributed by atoms with E-state index in [-0.39, 0.29) is 5.56 Å². The van der Waals surface area contributed by atoms with Crippen LogP contribution >= 0.6 is 0 Å². The number of rotatable bonds is 7. The van der Waals surface area contributed by atoms with E-state index in [9.17, 15) is 4.79 Å². The fourth-order valence-electron chi connectivity index (χ4n) is 4.38. The Morgan fingerprint density at radius 2 is 1.72 bits per heavy atom. The number of nitrogens with two attached hydrogens (primary N) is 1. The van der Waals surface area contributed by atoms with E-state index < -0.39 is 0 Å². The van der Waals surface area contributed by atoms with Crippen molar-refractivity contribution in [1.82, 2.24) is 24.6 Å². The average Bonchev–Trinajstić information content (AvgIpc) is 2.90. The molecule has 0 amide bonds. The zero-order chi connectivity index (χ0) is 24.9. The molecule has 0 radical (unpaired) electrons. The van der Waals surface area contributed by atoms with Gasteiger partial charge in [-0.25, -0.2) is 14.6 Å². The van der Waals surface area contributed by atoms with Crippen LogP contribution in [0.25, 0.3) is 22.6 Å². The van der Waals surface area contributed by atoms with Gasteiger partial charge >= 0.3 is 0 Å². The predicted molar refractivity (Wildman–Crippen MR) is 141 cm³/mol. The Labute approximate surface area is 210 Å². The molecule has 184 valence electrons. The molecule has 0 aliphatic carbocycles. The molecule has 8 heteroatoms. The van der Waals surface area contributed by atoms with E-state index >= 15 is 0 Å². The highest BCUT2D eigenvalue weighted by Crippen LogP contribution is 2.21. The highest BCUT2D eigenvalue weighted by atomic mass is 16.5. The number of ether oxygens (including phenoxy) is 1. The molecule has 2 aromatic heterocycles. The van der Waals surface area contributed by atoms with Crippen molar-refractivity contribution in [2.45, 2.75) is 19.4 Å². The molecule has 1 aliphatic rings. The Balaban J connectivity index is 1.27. The lowest BCUT2D eigenvalue weighted by atomic mass is 9.98. The van der Waals surface area contributed by atoms with E-state index in [0.717, 1.165) is 42.6 Å². The first-order valence-corrected chi connectivity index (χ1v) is 12.2. The first-order chi connectivity index (χ1) is 17.5. The van der Waals surface area contributed by atoms with Crippen LogP contribution in [0.5, 0.6) is 5.75 Å². The summed E-state index contributed by atoms with van der Waals surface area (Å²) in [5.74, 6) is 1.87. The summed E-state index contributed by atoms with van der Waals surface area (Å²) < 4.78 is 7.40. The maximum atomic E-state index is 12.5. The van der Waals surface area contributed by atoms with Gasteiger partial charge in [0.1, 0.15) is 0 Å². The van der Waals surface area contributed by atoms with Crippen LogP contribution in [0.1, 0.15) is 18.4 Å². The standard InChI is InChI=1S/C28H30N6O2/c1-33-12-10-20(11-13-33)19-36-25-16-30-28(31-17-25)23-6-2-4-21(14-23)18-34-27(35)9-8-26(32-34)22-5-3-7-24(29)15-22/h2-9,14-17,20H,10-13,18-19,29H2,1H3. The molecule has 2 N–H and O–H groups in total. The van der Waals surface area contributed by atoms with Crippen molar-refractivity contribution in [2.24, 2.45) is 5.92 Å². The SMILES string of the molecule is CN1CCC(COc2cnc(-c3cccc(Cn4nc(-c5cccc(N)c5)ccc4=O)c3)nc2)CC1. The van der Waals surface area contributed by atoms with Crippen LogP contribution in [0.15, 0.2) is 77.9 Å². The molecule has 4 aromatic rings. The molecule has 36 heavy (non-hydrogen) atoms. The lowest BCUT2D eigenvalue weighted by molar-refractivity contribution is 0.159. The summed E-state index contributed by atoms with van der Waals surface area (Å²) in [5.41, 5.74) is 9.74. The number of hydrogen-bond acceptors (Lipinski definition) is 7. The molecule has 3 heterocycles. The highest BCUT2D eigenvalue weighted by Gasteiger charge is 2.17. The molecule has 0 saturated carbocycles. The Hall–Kier alpha value is -4.04. The summed E-state index contributed by atoms with van der Waals surface area (Å²) in [6.07, 6.45) is 5.76. The second-order valence-corrected chi connectivity index (χ2v) is 9.34. The van der Waals surface area contributed by atoms with Gasteiger partial charge in [-0.1, -0.05) is 30.3 Å². The molecule has 0 spiro atoms. The Kier molecular flexibility index (Phi) is 7.04. The highest BCUT2D eigenvalue weighted by molar-refractivity contribution is 5.63. The van der Waals surface area contributed by atoms with E-state index in [1.165, 1.54) is 10.7 Å². The van der Waals surface area contributed by atoms with Crippen LogP contribution in [-0.2, 0) is 6.54 Å². The lowest BCUT2D eigenvalue weighted by Crippen LogP contribution is -2.32. The minimum atomic E-state index is -0.171. The summed E-state index contributed by atoms with van der Waals surface area (Å²) in [6, 6.07) is 18.5. The van der Waals surface area contributed by atoms with Crippen LogP contribution in [0, 0.1) is 5.92 Å². The van der Waals surface area contributed by atoms with Crippen molar-refractivity contribution in [3.63, 3.8) is 0 Å². The quantitative estimate of drug-likeness (QED) is 0.401. The summed E-state index contributed by atoms with van der Waals surface area (Å²) in [7, 11) is 2.16. The van der Waals surface area contributed by atoms with Gasteiger partial charge in [0.15, 0.2) is 11.6 Å². The van der Waals surface area contributed by atoms with Gasteiger partial charge in [-0.3, -0.25) is 4.79 Å². The Morgan fingerprint density at radius 1 is 0.972 bits per heavy atom. The molecule has 0 bridgehead atoms. The maximum Gasteiger partial charge on any atom is 0.267 e. The second kappa shape index (κ2) is 10.7. The van der Waals surface area contributed by atoms with Gasteiger partial charge < -0.3 is 15.4 Å². The number of nitrogens with zero attached hydrogens (tertiary/aromatic N) is 5. The molecule has 1 saturated heterocycles. The molecule has 0 unspecified atom stereocenters. The van der Waals surface area contributed by atoms with Crippen LogP contribution in [-0.4, -0.2) is 51.4 Å². The van der Waals surface area contributed by atoms with Crippen molar-refractivity contribution >= 4 is 5.69 Å². The molecular formula is C28H30N6O2. The summed E-state index contributed by atoms with van der Waals surface area (Å²) in [6.45, 7) is 3.27. The normalized spacial score (nSPS) is 14.6. The number of aromatic nitrogens is 4. The average molecular weight is 483 g/mol. The fraction of sp³-hybridized carbons (Fsp3) is 0.286. The molecule has 0 atom stereocenters. The van der Waals surface area contributed by atoms with Gasteiger partial charge in [-0.15, -0.1) is 0 Å². The molecule has 1 fully saturated rings. The van der Waals surface area contributed by atoms with Gasteiger partial charge in [0.2, 0.25) is 0 Å². The third kappa shape index (κ3) is 5.78. The smallest absolute Gasteiger partial charge is 0.267 e. The van der Waals surface area contributed by atoms with Gasteiger partial charge in [-0.2, -0.15) is 5.10 Å². The van der Waals surface area contributed by atoms with Crippen molar-refractivity contribution < 1.29 is 4.74 Å². The summed E-state index contributed by atoms with van der Waals surface area (Å²) in [4.78, 5) is 23.9. The molecule has 5 rings (SSSR count). The third-order valence-electron chi connectivity index (χ3n) is 6.52. The van der Waals surface area contributed by atoms with Crippen molar-refractivity contribution in [3.8, 4) is 28.4 Å². The minimum Gasteiger partial charge on any atom is -0.490 e. The van der Waals surface area contributed by atoms with Crippen LogP contribution in [0.4, 0.5) is 5.69 Å². The van der Waals surface area contributed by atoms with Crippen LogP contribution < -0.4 is 16.0 Å². The number of likely N-dealkylation sites (tertiary alicyclic amines) is 1. The second-order valence-electron chi connectivity index (χ2n) is 9.34. The number of nitrogen functional groups attached to an aromatic ring is 1. The van der Waals surface area contributed by atoms with Crippen molar-refractivity contribution in [1.29, 1.82) is 0 Å². The predicted octanol–water partition coefficient (Wildman–Crippen LogP) is 3.72. The van der Waals surface area contributed by atoms with Crippen molar-refractivity contribution in [3.05, 3.63) is 89.0 Å². The number of benzene rings is 2. The molecular weight excluding hydrogens is 452 g/mol. The van der Waals surface area contributed by atoms with E-state index in [4.69, 9.17) is 10.5 Å². The van der Waals surface area contributed by atoms with Crippen LogP contribution in [0.3, 0.4) is 0 Å². The minimum absolute atomic E-state index is 0.171. The summed E-state index contributed by atoms with van der Waals surface area (Å²) in [5, 5.41) is 4.55. The van der Waals surface area contributed by atoms with Gasteiger partial charge in [0.25, 0.3) is 5.56 Å². The van der Waals surface area contributed by atoms with Crippen molar-refractivity contribution in [2.75, 3.05) is 32.5 Å². The lowest BCUT2D eigenvalue weighted by Gasteiger charge is -2.28. The molecule has 8 nitrogen and oxygen atoms in total. The third-order valence-corrected chi connectivity index (χ3v) is 6.52. The number of hydrogen-bond donors (Lipinski definition) is 1. The molecule has 2 aromatic carbocycles. The van der Waals surface area contributed by atoms with E-state index in [0.29, 0.717) is 42.0 Å². The number of anilines is 1. The van der Waals surface area contributed by atoms with Crippen LogP contribution in [0.2, 0.25) is 0 Å². The van der Waals surface area contributed by atoms with Gasteiger partial charge in [0, 0.05) is 22.9 Å². The van der Waals surface area contributed by atoms with E-state index in [1.54, 1.807) is 18.5 Å². The monoisotopic (exact) mass is 482 g/mol. The summed E-state index contributed by atoms with van der Waals surface area (Å²) >= 11 is 0. The Morgan fingerprint density at radius 3 is 2.50 bits per heavy atom. The number of piperidine rings is 1. The first-order valence-electron chi connectivity index (χ1n) is 12.2. The molecule has 1 aliphatic heterocycles. The zero-order valence-corrected chi connectivity index (χ0v) is 20.4. The zero-order valence-electron chi connectivity index (χ0n) is 20.4. The van der Waals surface area contributed by atoms with E-state index in [2.05, 4.69) is 27.0 Å². The first kappa shape index (κ1) is 23.7.